The maximum atomic E-state index is 11.5. The number of carbonyl (C=O) groups is 1. The molecule has 1 N–H and O–H groups in total. The number of rotatable bonds is 4. The van der Waals surface area contributed by atoms with Crippen LogP contribution in [0.25, 0.3) is 0 Å². The third-order valence-corrected chi connectivity index (χ3v) is 1.14. The largest absolute Gasteiger partial charge is 0.633 e. The number of quaternary nitrogens is 1. The van der Waals surface area contributed by atoms with Crippen LogP contribution in [-0.4, -0.2) is 38.0 Å². The summed E-state index contributed by atoms with van der Waals surface area (Å²) >= 11 is 0. The Kier molecular flexibility index (Phi) is 3.99. The first-order valence-electron chi connectivity index (χ1n) is 3.39. The number of carbonyl (C=O) groups excluding carboxylic acids is 1. The molecule has 4 nitrogen and oxygen atoms in total. The third-order valence-electron chi connectivity index (χ3n) is 1.14. The van der Waals surface area contributed by atoms with Gasteiger partial charge in [0.1, 0.15) is 0 Å². The summed E-state index contributed by atoms with van der Waals surface area (Å²) in [5, 5.41) is 12.8. The van der Waals surface area contributed by atoms with E-state index >= 15 is 0 Å². The van der Waals surface area contributed by atoms with Gasteiger partial charge in [-0.05, 0) is 0 Å². The van der Waals surface area contributed by atoms with Crippen molar-refractivity contribution in [3.63, 3.8) is 0 Å². The van der Waals surface area contributed by atoms with E-state index < -0.39 is 10.8 Å². The highest BCUT2D eigenvalue weighted by atomic mass is 19.1. The first-order chi connectivity index (χ1) is 4.92. The van der Waals surface area contributed by atoms with Crippen LogP contribution in [0.2, 0.25) is 0 Å². The Balaban J connectivity index is 3.22. The molecule has 0 aromatic rings. The summed E-state index contributed by atoms with van der Waals surface area (Å²) < 4.78 is 11.1. The van der Waals surface area contributed by atoms with Gasteiger partial charge in [0.15, 0.2) is 0 Å². The third kappa shape index (κ3) is 9.32. The SMILES string of the molecule is C[N+](C)([O-])CCCNC(=O)F. The molecule has 0 fully saturated rings. The van der Waals surface area contributed by atoms with Crippen LogP contribution in [0.15, 0.2) is 0 Å². The zero-order valence-corrected chi connectivity index (χ0v) is 6.76. The van der Waals surface area contributed by atoms with Gasteiger partial charge in [-0.1, -0.05) is 0 Å². The fourth-order valence-corrected chi connectivity index (χ4v) is 0.646. The predicted octanol–water partition coefficient (Wildman–Crippen LogP) is 0.630. The number of hydroxylamine groups is 3. The molecule has 0 aromatic carbocycles. The minimum absolute atomic E-state index is 0.221. The predicted molar refractivity (Wildman–Crippen MR) is 39.5 cm³/mol. The Morgan fingerprint density at radius 2 is 2.18 bits per heavy atom. The van der Waals surface area contributed by atoms with E-state index in [0.717, 1.165) is 0 Å². The van der Waals surface area contributed by atoms with Crippen molar-refractivity contribution in [3.8, 4) is 0 Å². The van der Waals surface area contributed by atoms with Crippen LogP contribution < -0.4 is 5.32 Å². The van der Waals surface area contributed by atoms with Crippen molar-refractivity contribution in [3.05, 3.63) is 5.21 Å². The van der Waals surface area contributed by atoms with Gasteiger partial charge in [0, 0.05) is 13.0 Å². The molecular formula is C6H13FN2O2. The normalized spacial score (nSPS) is 11.3. The van der Waals surface area contributed by atoms with Gasteiger partial charge in [-0.15, -0.1) is 4.39 Å². The summed E-state index contributed by atoms with van der Waals surface area (Å²) in [5.41, 5.74) is 0. The number of hydrogen-bond acceptors (Lipinski definition) is 2. The molecule has 0 heterocycles. The Hall–Kier alpha value is -0.680. The lowest BCUT2D eigenvalue weighted by atomic mass is 10.4. The van der Waals surface area contributed by atoms with E-state index in [2.05, 4.69) is 0 Å². The summed E-state index contributed by atoms with van der Waals surface area (Å²) in [6, 6.07) is 0. The number of nitrogens with one attached hydrogen (secondary N) is 1. The van der Waals surface area contributed by atoms with Crippen LogP contribution in [-0.2, 0) is 0 Å². The molecule has 0 aromatic heterocycles. The minimum atomic E-state index is -1.54. The standard InChI is InChI=1S/C6H13FN2O2/c1-9(2,11)5-3-4-8-6(7)10/h3-5H2,1-2H3,(H,8,10). The maximum absolute atomic E-state index is 11.5. The molecular weight excluding hydrogens is 151 g/mol. The maximum Gasteiger partial charge on any atom is 0.397 e. The fraction of sp³-hybridized carbons (Fsp3) is 0.833. The summed E-state index contributed by atoms with van der Waals surface area (Å²) in [5.74, 6) is 0. The quantitative estimate of drug-likeness (QED) is 0.218. The Morgan fingerprint density at radius 3 is 2.55 bits per heavy atom. The molecule has 0 rings (SSSR count). The first kappa shape index (κ1) is 10.3. The van der Waals surface area contributed by atoms with Crippen molar-refractivity contribution < 1.29 is 13.8 Å². The van der Waals surface area contributed by atoms with Crippen molar-refractivity contribution in [2.75, 3.05) is 27.2 Å². The Morgan fingerprint density at radius 1 is 1.64 bits per heavy atom. The molecule has 0 radical (unpaired) electrons. The Bertz CT molecular complexity index is 133. The molecule has 0 aliphatic heterocycles. The average molecular weight is 164 g/mol. The van der Waals surface area contributed by atoms with Gasteiger partial charge in [-0.2, -0.15) is 0 Å². The van der Waals surface area contributed by atoms with E-state index in [4.69, 9.17) is 0 Å². The van der Waals surface area contributed by atoms with Gasteiger partial charge in [-0.25, -0.2) is 4.79 Å². The number of hydrogen-bond donors (Lipinski definition) is 1. The minimum Gasteiger partial charge on any atom is -0.633 e. The van der Waals surface area contributed by atoms with E-state index in [9.17, 15) is 14.4 Å². The lowest BCUT2D eigenvalue weighted by Gasteiger charge is -2.33. The summed E-state index contributed by atoms with van der Waals surface area (Å²) in [4.78, 5) is 9.71. The van der Waals surface area contributed by atoms with Crippen LogP contribution in [0.1, 0.15) is 6.42 Å². The highest BCUT2D eigenvalue weighted by Crippen LogP contribution is 1.93. The van der Waals surface area contributed by atoms with E-state index in [0.29, 0.717) is 13.0 Å². The molecule has 66 valence electrons. The van der Waals surface area contributed by atoms with Gasteiger partial charge in [0.2, 0.25) is 0 Å². The second-order valence-corrected chi connectivity index (χ2v) is 2.85. The van der Waals surface area contributed by atoms with Crippen molar-refractivity contribution >= 4 is 6.16 Å². The van der Waals surface area contributed by atoms with E-state index in [-0.39, 0.29) is 6.54 Å². The Labute approximate surface area is 65.2 Å². The lowest BCUT2D eigenvalue weighted by Crippen LogP contribution is -2.35. The second-order valence-electron chi connectivity index (χ2n) is 2.85. The molecule has 0 unspecified atom stereocenters. The van der Waals surface area contributed by atoms with E-state index in [1.165, 1.54) is 14.1 Å². The molecule has 5 heteroatoms. The van der Waals surface area contributed by atoms with Crippen LogP contribution in [0.3, 0.4) is 0 Å². The molecule has 1 amide bonds. The summed E-state index contributed by atoms with van der Waals surface area (Å²) in [6.45, 7) is 0.597. The number of amides is 1. The van der Waals surface area contributed by atoms with Crippen molar-refractivity contribution in [2.24, 2.45) is 0 Å². The lowest BCUT2D eigenvalue weighted by molar-refractivity contribution is -0.840. The highest BCUT2D eigenvalue weighted by Gasteiger charge is 2.01. The molecule has 0 aliphatic rings. The highest BCUT2D eigenvalue weighted by molar-refractivity contribution is 5.65. The molecule has 0 bridgehead atoms. The average Bonchev–Trinajstić information content (AvgIpc) is 1.78. The second kappa shape index (κ2) is 4.25. The van der Waals surface area contributed by atoms with Gasteiger partial charge < -0.3 is 15.2 Å². The van der Waals surface area contributed by atoms with Gasteiger partial charge in [0.05, 0.1) is 20.6 Å². The molecule has 0 spiro atoms. The van der Waals surface area contributed by atoms with Crippen molar-refractivity contribution in [1.29, 1.82) is 0 Å². The van der Waals surface area contributed by atoms with Gasteiger partial charge >= 0.3 is 6.16 Å². The number of halogens is 1. The van der Waals surface area contributed by atoms with Crippen LogP contribution in [0, 0.1) is 5.21 Å². The van der Waals surface area contributed by atoms with Crippen molar-refractivity contribution in [1.82, 2.24) is 5.32 Å². The fourth-order valence-electron chi connectivity index (χ4n) is 0.646. The van der Waals surface area contributed by atoms with Crippen LogP contribution >= 0.6 is 0 Å². The zero-order chi connectivity index (χ0) is 8.91. The zero-order valence-electron chi connectivity index (χ0n) is 6.76. The van der Waals surface area contributed by atoms with Crippen LogP contribution in [0.4, 0.5) is 9.18 Å². The van der Waals surface area contributed by atoms with Crippen molar-refractivity contribution in [2.45, 2.75) is 6.42 Å². The van der Waals surface area contributed by atoms with E-state index in [1.54, 1.807) is 0 Å². The van der Waals surface area contributed by atoms with Gasteiger partial charge in [0.25, 0.3) is 0 Å². The molecule has 0 aliphatic carbocycles. The van der Waals surface area contributed by atoms with Gasteiger partial charge in [-0.3, -0.25) is 0 Å². The molecule has 0 atom stereocenters. The number of nitrogens with zero attached hydrogens (tertiary/aromatic N) is 1. The molecule has 0 saturated carbocycles. The summed E-state index contributed by atoms with van der Waals surface area (Å²) in [7, 11) is 2.99. The van der Waals surface area contributed by atoms with E-state index in [1.807, 2.05) is 5.32 Å². The topological polar surface area (TPSA) is 52.2 Å². The molecule has 0 saturated heterocycles. The summed E-state index contributed by atoms with van der Waals surface area (Å²) in [6.07, 6.45) is -1.05. The van der Waals surface area contributed by atoms with Crippen LogP contribution in [0.5, 0.6) is 0 Å². The molecule has 11 heavy (non-hydrogen) atoms. The first-order valence-corrected chi connectivity index (χ1v) is 3.39. The monoisotopic (exact) mass is 164 g/mol. The smallest absolute Gasteiger partial charge is 0.397 e.